The molecule has 4 nitrogen and oxygen atoms in total. The number of aromatic nitrogens is 1. The molecule has 0 unspecified atom stereocenters. The summed E-state index contributed by atoms with van der Waals surface area (Å²) in [6.45, 7) is 6.17. The first-order valence-corrected chi connectivity index (χ1v) is 10.4. The second-order valence-corrected chi connectivity index (χ2v) is 8.08. The van der Waals surface area contributed by atoms with Crippen LogP contribution in [0.1, 0.15) is 32.9 Å². The van der Waals surface area contributed by atoms with E-state index in [4.69, 9.17) is 11.6 Å². The van der Waals surface area contributed by atoms with Crippen molar-refractivity contribution < 1.29 is 4.79 Å². The molecule has 4 rings (SSSR count). The van der Waals surface area contributed by atoms with Crippen molar-refractivity contribution in [3.63, 3.8) is 0 Å². The van der Waals surface area contributed by atoms with Crippen LogP contribution in [-0.2, 0) is 13.5 Å². The Morgan fingerprint density at radius 1 is 1.03 bits per heavy atom. The van der Waals surface area contributed by atoms with Gasteiger partial charge in [0.2, 0.25) is 5.78 Å². The SMILES string of the molecule is Cc1cc(Cc2ccc(N3CCNCC3)cc2)n(C)c1C(=O)c1ccc(Cl)cc1. The Bertz CT molecular complexity index is 1000. The van der Waals surface area contributed by atoms with Gasteiger partial charge in [-0.25, -0.2) is 0 Å². The Hall–Kier alpha value is -2.56. The normalized spacial score (nSPS) is 14.2. The second-order valence-electron chi connectivity index (χ2n) is 7.64. The molecule has 2 heterocycles. The molecular formula is C24H26ClN3O. The second kappa shape index (κ2) is 8.44. The molecule has 0 atom stereocenters. The van der Waals surface area contributed by atoms with Gasteiger partial charge < -0.3 is 14.8 Å². The molecule has 3 aromatic rings. The summed E-state index contributed by atoms with van der Waals surface area (Å²) in [5.74, 6) is 0.0296. The van der Waals surface area contributed by atoms with E-state index in [1.807, 2.05) is 18.5 Å². The van der Waals surface area contributed by atoms with Crippen LogP contribution in [-0.4, -0.2) is 36.5 Å². The van der Waals surface area contributed by atoms with Crippen molar-refractivity contribution in [3.05, 3.63) is 87.7 Å². The van der Waals surface area contributed by atoms with E-state index >= 15 is 0 Å². The van der Waals surface area contributed by atoms with Gasteiger partial charge in [0.05, 0.1) is 5.69 Å². The molecule has 0 bridgehead atoms. The lowest BCUT2D eigenvalue weighted by Crippen LogP contribution is -2.43. The fourth-order valence-electron chi connectivity index (χ4n) is 4.02. The first-order chi connectivity index (χ1) is 14.0. The average Bonchev–Trinajstić information content (AvgIpc) is 3.02. The van der Waals surface area contributed by atoms with Crippen molar-refractivity contribution in [1.29, 1.82) is 0 Å². The topological polar surface area (TPSA) is 37.3 Å². The average molecular weight is 408 g/mol. The number of rotatable bonds is 5. The molecule has 2 aromatic carbocycles. The van der Waals surface area contributed by atoms with Crippen LogP contribution in [0.15, 0.2) is 54.6 Å². The summed E-state index contributed by atoms with van der Waals surface area (Å²) in [5.41, 5.74) is 6.05. The van der Waals surface area contributed by atoms with Gasteiger partial charge >= 0.3 is 0 Å². The highest BCUT2D eigenvalue weighted by Crippen LogP contribution is 2.23. The monoisotopic (exact) mass is 407 g/mol. The largest absolute Gasteiger partial charge is 0.369 e. The van der Waals surface area contributed by atoms with Gasteiger partial charge in [0.15, 0.2) is 0 Å². The van der Waals surface area contributed by atoms with E-state index in [0.29, 0.717) is 10.6 Å². The Labute approximate surface area is 177 Å². The summed E-state index contributed by atoms with van der Waals surface area (Å²) < 4.78 is 2.02. The third kappa shape index (κ3) is 4.24. The number of aryl methyl sites for hydroxylation is 1. The van der Waals surface area contributed by atoms with Crippen LogP contribution in [0.25, 0.3) is 0 Å². The molecule has 0 aliphatic carbocycles. The predicted molar refractivity (Wildman–Crippen MR) is 119 cm³/mol. The van der Waals surface area contributed by atoms with Crippen LogP contribution < -0.4 is 10.2 Å². The summed E-state index contributed by atoms with van der Waals surface area (Å²) in [5, 5.41) is 4.02. The molecule has 0 saturated carbocycles. The summed E-state index contributed by atoms with van der Waals surface area (Å²) in [4.78, 5) is 15.4. The number of nitrogens with one attached hydrogen (secondary N) is 1. The van der Waals surface area contributed by atoms with E-state index < -0.39 is 0 Å². The lowest BCUT2D eigenvalue weighted by Gasteiger charge is -2.29. The summed E-state index contributed by atoms with van der Waals surface area (Å²) >= 11 is 5.96. The van der Waals surface area contributed by atoms with Crippen molar-refractivity contribution >= 4 is 23.1 Å². The quantitative estimate of drug-likeness (QED) is 0.643. The minimum Gasteiger partial charge on any atom is -0.369 e. The van der Waals surface area contributed by atoms with Crippen LogP contribution in [0, 0.1) is 6.92 Å². The maximum Gasteiger partial charge on any atom is 0.209 e. The Kier molecular flexibility index (Phi) is 5.74. The number of hydrogen-bond acceptors (Lipinski definition) is 3. The Morgan fingerprint density at radius 2 is 1.69 bits per heavy atom. The fourth-order valence-corrected chi connectivity index (χ4v) is 4.15. The van der Waals surface area contributed by atoms with Crippen molar-refractivity contribution in [2.75, 3.05) is 31.1 Å². The molecule has 0 spiro atoms. The number of carbonyl (C=O) groups is 1. The highest BCUT2D eigenvalue weighted by Gasteiger charge is 2.19. The van der Waals surface area contributed by atoms with Crippen LogP contribution in [0.5, 0.6) is 0 Å². The smallest absolute Gasteiger partial charge is 0.209 e. The zero-order chi connectivity index (χ0) is 20.4. The van der Waals surface area contributed by atoms with E-state index in [0.717, 1.165) is 49.6 Å². The first kappa shape index (κ1) is 19.7. The number of ketones is 1. The third-order valence-electron chi connectivity index (χ3n) is 5.65. The van der Waals surface area contributed by atoms with Crippen molar-refractivity contribution in [1.82, 2.24) is 9.88 Å². The lowest BCUT2D eigenvalue weighted by molar-refractivity contribution is 0.103. The van der Waals surface area contributed by atoms with Crippen molar-refractivity contribution in [2.24, 2.45) is 7.05 Å². The molecule has 150 valence electrons. The highest BCUT2D eigenvalue weighted by molar-refractivity contribution is 6.30. The van der Waals surface area contributed by atoms with Crippen molar-refractivity contribution in [3.8, 4) is 0 Å². The highest BCUT2D eigenvalue weighted by atomic mass is 35.5. The van der Waals surface area contributed by atoms with Crippen LogP contribution in [0.3, 0.4) is 0 Å². The molecule has 1 saturated heterocycles. The predicted octanol–water partition coefficient (Wildman–Crippen LogP) is 4.22. The minimum atomic E-state index is 0.0296. The number of benzene rings is 2. The van der Waals surface area contributed by atoms with E-state index in [1.54, 1.807) is 24.3 Å². The van der Waals surface area contributed by atoms with E-state index in [-0.39, 0.29) is 5.78 Å². The van der Waals surface area contributed by atoms with Gasteiger partial charge in [-0.1, -0.05) is 23.7 Å². The van der Waals surface area contributed by atoms with Gasteiger partial charge in [-0.3, -0.25) is 4.79 Å². The zero-order valence-electron chi connectivity index (χ0n) is 16.9. The number of anilines is 1. The number of hydrogen-bond donors (Lipinski definition) is 1. The van der Waals surface area contributed by atoms with Crippen LogP contribution >= 0.6 is 11.6 Å². The molecule has 29 heavy (non-hydrogen) atoms. The fraction of sp³-hybridized carbons (Fsp3) is 0.292. The van der Waals surface area contributed by atoms with Gasteiger partial charge in [-0.2, -0.15) is 0 Å². The van der Waals surface area contributed by atoms with Crippen LogP contribution in [0.2, 0.25) is 5.02 Å². The lowest BCUT2D eigenvalue weighted by atomic mass is 10.1. The van der Waals surface area contributed by atoms with E-state index in [2.05, 4.69) is 40.5 Å². The number of piperazine rings is 1. The van der Waals surface area contributed by atoms with Gasteiger partial charge in [0.1, 0.15) is 0 Å². The summed E-state index contributed by atoms with van der Waals surface area (Å²) in [7, 11) is 1.97. The van der Waals surface area contributed by atoms with Crippen LogP contribution in [0.4, 0.5) is 5.69 Å². The maximum absolute atomic E-state index is 13.0. The molecule has 1 aliphatic rings. The van der Waals surface area contributed by atoms with E-state index in [1.165, 1.54) is 11.3 Å². The zero-order valence-corrected chi connectivity index (χ0v) is 17.7. The number of carbonyl (C=O) groups excluding carboxylic acids is 1. The molecule has 5 heteroatoms. The Morgan fingerprint density at radius 3 is 2.34 bits per heavy atom. The van der Waals surface area contributed by atoms with Gasteiger partial charge in [0, 0.05) is 61.6 Å². The summed E-state index contributed by atoms with van der Waals surface area (Å²) in [6, 6.07) is 18.0. The van der Waals surface area contributed by atoms with Gasteiger partial charge in [-0.15, -0.1) is 0 Å². The van der Waals surface area contributed by atoms with Gasteiger partial charge in [0.25, 0.3) is 0 Å². The molecule has 0 radical (unpaired) electrons. The molecule has 1 aliphatic heterocycles. The number of halogens is 1. The first-order valence-electron chi connectivity index (χ1n) is 10.0. The van der Waals surface area contributed by atoms with Crippen molar-refractivity contribution in [2.45, 2.75) is 13.3 Å². The molecule has 1 aromatic heterocycles. The number of nitrogens with zero attached hydrogens (tertiary/aromatic N) is 2. The molecular weight excluding hydrogens is 382 g/mol. The summed E-state index contributed by atoms with van der Waals surface area (Å²) in [6.07, 6.45) is 0.799. The van der Waals surface area contributed by atoms with E-state index in [9.17, 15) is 4.79 Å². The molecule has 1 N–H and O–H groups in total. The van der Waals surface area contributed by atoms with Gasteiger partial charge in [-0.05, 0) is 60.5 Å². The Balaban J connectivity index is 1.53. The molecule has 1 fully saturated rings. The third-order valence-corrected chi connectivity index (χ3v) is 5.90. The standard InChI is InChI=1S/C24H26ClN3O/c1-17-15-22(27(2)23(17)24(29)19-5-7-20(25)8-6-19)16-18-3-9-21(10-4-18)28-13-11-26-12-14-28/h3-10,15,26H,11-14,16H2,1-2H3. The minimum absolute atomic E-state index is 0.0296. The maximum atomic E-state index is 13.0. The molecule has 0 amide bonds.